The van der Waals surface area contributed by atoms with Gasteiger partial charge in [-0.1, -0.05) is 15.9 Å². The van der Waals surface area contributed by atoms with Gasteiger partial charge in [0.2, 0.25) is 5.91 Å². The fourth-order valence-electron chi connectivity index (χ4n) is 1.35. The van der Waals surface area contributed by atoms with Crippen molar-refractivity contribution in [3.8, 4) is 0 Å². The van der Waals surface area contributed by atoms with Gasteiger partial charge in [-0.3, -0.25) is 4.79 Å². The van der Waals surface area contributed by atoms with Crippen LogP contribution in [0.2, 0.25) is 0 Å². The zero-order valence-electron chi connectivity index (χ0n) is 9.45. The molecule has 0 fully saturated rings. The Morgan fingerprint density at radius 1 is 1.24 bits per heavy atom. The second-order valence-electron chi connectivity index (χ2n) is 3.58. The maximum Gasteiger partial charge on any atom is 0.328 e. The normalized spacial score (nSPS) is 10.5. The van der Waals surface area contributed by atoms with Crippen LogP contribution in [0.15, 0.2) is 28.8 Å². The first-order chi connectivity index (χ1) is 7.90. The van der Waals surface area contributed by atoms with Crippen LogP contribution in [-0.2, 0) is 9.59 Å². The zero-order valence-corrected chi connectivity index (χ0v) is 11.0. The van der Waals surface area contributed by atoms with E-state index < -0.39 is 11.9 Å². The van der Waals surface area contributed by atoms with Crippen LogP contribution in [0.3, 0.4) is 0 Å². The predicted molar refractivity (Wildman–Crippen MR) is 69.0 cm³/mol. The number of hydrogen-bond donors (Lipinski definition) is 2. The first-order valence-corrected chi connectivity index (χ1v) is 5.68. The van der Waals surface area contributed by atoms with Crippen LogP contribution in [0.5, 0.6) is 0 Å². The van der Waals surface area contributed by atoms with Gasteiger partial charge in [-0.25, -0.2) is 4.79 Å². The first-order valence-electron chi connectivity index (χ1n) is 4.89. The van der Waals surface area contributed by atoms with Crippen LogP contribution in [0.25, 0.3) is 0 Å². The third-order valence-corrected chi connectivity index (χ3v) is 3.33. The van der Waals surface area contributed by atoms with E-state index in [4.69, 9.17) is 5.11 Å². The quantitative estimate of drug-likeness (QED) is 0.843. The summed E-state index contributed by atoms with van der Waals surface area (Å²) >= 11 is 3.42. The summed E-state index contributed by atoms with van der Waals surface area (Å²) in [7, 11) is 0. The molecule has 0 aromatic heterocycles. The summed E-state index contributed by atoms with van der Waals surface area (Å²) in [5.74, 6) is -1.61. The van der Waals surface area contributed by atoms with Crippen LogP contribution < -0.4 is 5.32 Å². The van der Waals surface area contributed by atoms with Crippen molar-refractivity contribution in [1.29, 1.82) is 0 Å². The van der Waals surface area contributed by atoms with E-state index in [9.17, 15) is 9.59 Å². The summed E-state index contributed by atoms with van der Waals surface area (Å²) in [6.45, 7) is 3.83. The van der Waals surface area contributed by atoms with Gasteiger partial charge in [0.25, 0.3) is 0 Å². The number of amides is 1. The Hall–Kier alpha value is -1.62. The molecular formula is C12H12BrNO3. The lowest BCUT2D eigenvalue weighted by Crippen LogP contribution is -2.09. The van der Waals surface area contributed by atoms with E-state index in [0.717, 1.165) is 27.8 Å². The van der Waals surface area contributed by atoms with Crippen molar-refractivity contribution in [2.75, 3.05) is 5.32 Å². The lowest BCUT2D eigenvalue weighted by Gasteiger charge is -2.08. The summed E-state index contributed by atoms with van der Waals surface area (Å²) in [6, 6.07) is 3.62. The van der Waals surface area contributed by atoms with E-state index in [1.807, 2.05) is 26.0 Å². The van der Waals surface area contributed by atoms with Crippen molar-refractivity contribution >= 4 is 33.5 Å². The first kappa shape index (κ1) is 13.4. The topological polar surface area (TPSA) is 66.4 Å². The van der Waals surface area contributed by atoms with Gasteiger partial charge in [-0.2, -0.15) is 0 Å². The number of aryl methyl sites for hydroxylation is 2. The molecule has 2 N–H and O–H groups in total. The third-order valence-electron chi connectivity index (χ3n) is 2.08. The number of anilines is 1. The number of aliphatic carboxylic acids is 1. The molecule has 17 heavy (non-hydrogen) atoms. The number of benzene rings is 1. The molecule has 0 aliphatic heterocycles. The van der Waals surface area contributed by atoms with E-state index in [2.05, 4.69) is 21.2 Å². The number of carbonyl (C=O) groups is 2. The number of hydrogen-bond acceptors (Lipinski definition) is 2. The Labute approximate surface area is 107 Å². The molecule has 0 saturated heterocycles. The molecule has 0 saturated carbocycles. The largest absolute Gasteiger partial charge is 0.478 e. The molecule has 1 amide bonds. The maximum atomic E-state index is 11.4. The van der Waals surface area contributed by atoms with E-state index in [-0.39, 0.29) is 0 Å². The Morgan fingerprint density at radius 2 is 1.76 bits per heavy atom. The number of carboxylic acid groups (broad SMARTS) is 1. The van der Waals surface area contributed by atoms with Gasteiger partial charge in [-0.15, -0.1) is 0 Å². The average Bonchev–Trinajstić information content (AvgIpc) is 2.23. The lowest BCUT2D eigenvalue weighted by molar-refractivity contribution is -0.131. The second kappa shape index (κ2) is 5.63. The highest BCUT2D eigenvalue weighted by Crippen LogP contribution is 2.24. The molecule has 0 bridgehead atoms. The minimum atomic E-state index is -1.15. The lowest BCUT2D eigenvalue weighted by atomic mass is 10.1. The van der Waals surface area contributed by atoms with Crippen molar-refractivity contribution in [2.24, 2.45) is 0 Å². The summed E-state index contributed by atoms with van der Waals surface area (Å²) in [6.07, 6.45) is 1.78. The Bertz CT molecular complexity index is 472. The number of nitrogens with one attached hydrogen (secondary N) is 1. The average molecular weight is 298 g/mol. The standard InChI is InChI=1S/C12H12BrNO3/c1-7-5-9(6-8(2)12(7)13)14-10(15)3-4-11(16)17/h3-6H,1-2H3,(H,14,15)(H,16,17)/b4-3+. The number of carboxylic acids is 1. The fourth-order valence-corrected chi connectivity index (χ4v) is 1.58. The monoisotopic (exact) mass is 297 g/mol. The minimum Gasteiger partial charge on any atom is -0.478 e. The van der Waals surface area contributed by atoms with Crippen molar-refractivity contribution in [2.45, 2.75) is 13.8 Å². The maximum absolute atomic E-state index is 11.4. The van der Waals surface area contributed by atoms with Crippen LogP contribution in [0, 0.1) is 13.8 Å². The molecule has 0 spiro atoms. The van der Waals surface area contributed by atoms with Gasteiger partial charge < -0.3 is 10.4 Å². The smallest absolute Gasteiger partial charge is 0.328 e. The zero-order chi connectivity index (χ0) is 13.0. The van der Waals surface area contributed by atoms with Crippen molar-refractivity contribution in [3.05, 3.63) is 39.9 Å². The van der Waals surface area contributed by atoms with Crippen LogP contribution in [-0.4, -0.2) is 17.0 Å². The van der Waals surface area contributed by atoms with Crippen molar-refractivity contribution in [3.63, 3.8) is 0 Å². The molecule has 0 aliphatic rings. The van der Waals surface area contributed by atoms with Crippen LogP contribution in [0.4, 0.5) is 5.69 Å². The van der Waals surface area contributed by atoms with Crippen molar-refractivity contribution in [1.82, 2.24) is 0 Å². The SMILES string of the molecule is Cc1cc(NC(=O)/C=C/C(=O)O)cc(C)c1Br. The van der Waals surface area contributed by atoms with Gasteiger partial charge in [-0.05, 0) is 37.1 Å². The van der Waals surface area contributed by atoms with Crippen molar-refractivity contribution < 1.29 is 14.7 Å². The summed E-state index contributed by atoms with van der Waals surface area (Å²) in [5, 5.41) is 11.0. The Balaban J connectivity index is 2.82. The molecule has 1 aromatic rings. The van der Waals surface area contributed by atoms with Crippen LogP contribution in [0.1, 0.15) is 11.1 Å². The second-order valence-corrected chi connectivity index (χ2v) is 4.38. The predicted octanol–water partition coefficient (Wildman–Crippen LogP) is 2.65. The van der Waals surface area contributed by atoms with E-state index >= 15 is 0 Å². The number of rotatable bonds is 3. The van der Waals surface area contributed by atoms with Gasteiger partial charge >= 0.3 is 5.97 Å². The highest BCUT2D eigenvalue weighted by atomic mass is 79.9. The molecule has 90 valence electrons. The fraction of sp³-hybridized carbons (Fsp3) is 0.167. The molecule has 0 atom stereocenters. The Morgan fingerprint density at radius 3 is 2.24 bits per heavy atom. The summed E-state index contributed by atoms with van der Waals surface area (Å²) in [5.41, 5.74) is 2.65. The highest BCUT2D eigenvalue weighted by Gasteiger charge is 2.04. The van der Waals surface area contributed by atoms with Gasteiger partial charge in [0.05, 0.1) is 0 Å². The molecule has 1 aromatic carbocycles. The molecule has 5 heteroatoms. The van der Waals surface area contributed by atoms with E-state index in [1.165, 1.54) is 0 Å². The van der Waals surface area contributed by atoms with Crippen LogP contribution >= 0.6 is 15.9 Å². The summed E-state index contributed by atoms with van der Waals surface area (Å²) in [4.78, 5) is 21.6. The number of halogens is 1. The molecule has 0 heterocycles. The molecule has 1 rings (SSSR count). The highest BCUT2D eigenvalue weighted by molar-refractivity contribution is 9.10. The van der Waals surface area contributed by atoms with Gasteiger partial charge in [0.15, 0.2) is 0 Å². The Kier molecular flexibility index (Phi) is 4.45. The van der Waals surface area contributed by atoms with E-state index in [1.54, 1.807) is 0 Å². The summed E-state index contributed by atoms with van der Waals surface area (Å²) < 4.78 is 0.997. The molecule has 0 unspecified atom stereocenters. The van der Waals surface area contributed by atoms with Gasteiger partial charge in [0.1, 0.15) is 0 Å². The van der Waals surface area contributed by atoms with Gasteiger partial charge in [0, 0.05) is 22.3 Å². The number of carbonyl (C=O) groups excluding carboxylic acids is 1. The molecule has 0 aliphatic carbocycles. The molecule has 0 radical (unpaired) electrons. The van der Waals surface area contributed by atoms with E-state index in [0.29, 0.717) is 5.69 Å². The third kappa shape index (κ3) is 4.03. The molecular weight excluding hydrogens is 286 g/mol. The molecule has 4 nitrogen and oxygen atoms in total. The minimum absolute atomic E-state index is 0.464.